The maximum atomic E-state index is 11.9. The van der Waals surface area contributed by atoms with E-state index in [1.165, 1.54) is 20.9 Å². The van der Waals surface area contributed by atoms with Crippen molar-refractivity contribution in [3.8, 4) is 0 Å². The molecule has 0 aromatic carbocycles. The fraction of sp³-hybridized carbons (Fsp3) is 1.00. The Morgan fingerprint density at radius 3 is 1.60 bits per heavy atom. The molecule has 0 heterocycles. The Labute approximate surface area is 58.6 Å². The molecule has 1 N–H and O–H groups in total. The average Bonchev–Trinajstić information content (AvgIpc) is 1.60. The van der Waals surface area contributed by atoms with Gasteiger partial charge in [-0.25, -0.2) is 0 Å². The summed E-state index contributed by atoms with van der Waals surface area (Å²) < 4.78 is 35.7. The van der Waals surface area contributed by atoms with Crippen molar-refractivity contribution in [2.75, 3.05) is 7.05 Å². The van der Waals surface area contributed by atoms with Crippen molar-refractivity contribution in [2.24, 2.45) is 5.92 Å². The van der Waals surface area contributed by atoms with Gasteiger partial charge in [-0.1, -0.05) is 13.8 Å². The van der Waals surface area contributed by atoms with Crippen LogP contribution in [-0.4, -0.2) is 19.3 Å². The van der Waals surface area contributed by atoms with E-state index in [1.807, 2.05) is 0 Å². The number of rotatable bonds is 2. The van der Waals surface area contributed by atoms with Crippen LogP contribution in [0.2, 0.25) is 0 Å². The van der Waals surface area contributed by atoms with Crippen molar-refractivity contribution in [1.82, 2.24) is 5.32 Å². The zero-order valence-electron chi connectivity index (χ0n) is 6.29. The van der Waals surface area contributed by atoms with Crippen LogP contribution in [0.5, 0.6) is 0 Å². The molecular weight excluding hydrogens is 143 g/mol. The van der Waals surface area contributed by atoms with Gasteiger partial charge in [0.15, 0.2) is 0 Å². The molecule has 1 nitrogen and oxygen atoms in total. The molecule has 0 saturated heterocycles. The van der Waals surface area contributed by atoms with E-state index >= 15 is 0 Å². The second-order valence-corrected chi connectivity index (χ2v) is 2.55. The van der Waals surface area contributed by atoms with E-state index in [2.05, 4.69) is 5.32 Å². The van der Waals surface area contributed by atoms with Gasteiger partial charge in [0.1, 0.15) is 6.04 Å². The molecule has 0 fully saturated rings. The van der Waals surface area contributed by atoms with Gasteiger partial charge in [0.2, 0.25) is 0 Å². The Balaban J connectivity index is 4.07. The molecule has 0 radical (unpaired) electrons. The normalized spacial score (nSPS) is 15.9. The van der Waals surface area contributed by atoms with Crippen molar-refractivity contribution in [3.63, 3.8) is 0 Å². The van der Waals surface area contributed by atoms with Gasteiger partial charge in [0, 0.05) is 0 Å². The van der Waals surface area contributed by atoms with Crippen LogP contribution < -0.4 is 5.32 Å². The van der Waals surface area contributed by atoms with Gasteiger partial charge in [-0.3, -0.25) is 0 Å². The van der Waals surface area contributed by atoms with E-state index in [-0.39, 0.29) is 0 Å². The lowest BCUT2D eigenvalue weighted by Gasteiger charge is -2.22. The Morgan fingerprint density at radius 1 is 1.20 bits per heavy atom. The zero-order valence-corrected chi connectivity index (χ0v) is 6.29. The highest BCUT2D eigenvalue weighted by Crippen LogP contribution is 2.24. The lowest BCUT2D eigenvalue weighted by atomic mass is 10.0. The molecule has 10 heavy (non-hydrogen) atoms. The predicted molar refractivity (Wildman–Crippen MR) is 33.7 cm³/mol. The lowest BCUT2D eigenvalue weighted by Crippen LogP contribution is -2.43. The van der Waals surface area contributed by atoms with Crippen LogP contribution in [0.4, 0.5) is 13.2 Å². The van der Waals surface area contributed by atoms with Gasteiger partial charge < -0.3 is 5.32 Å². The van der Waals surface area contributed by atoms with Crippen LogP contribution in [0.15, 0.2) is 0 Å². The summed E-state index contributed by atoms with van der Waals surface area (Å²) in [6, 6.07) is -1.38. The summed E-state index contributed by atoms with van der Waals surface area (Å²) in [6.07, 6.45) is -4.12. The topological polar surface area (TPSA) is 12.0 Å². The Morgan fingerprint density at radius 2 is 1.60 bits per heavy atom. The largest absolute Gasteiger partial charge is 0.404 e. The Bertz CT molecular complexity index is 97.7. The quantitative estimate of drug-likeness (QED) is 0.641. The third kappa shape index (κ3) is 2.56. The van der Waals surface area contributed by atoms with E-state index in [4.69, 9.17) is 0 Å². The van der Waals surface area contributed by atoms with Crippen molar-refractivity contribution in [1.29, 1.82) is 0 Å². The van der Waals surface area contributed by atoms with Crippen molar-refractivity contribution >= 4 is 0 Å². The summed E-state index contributed by atoms with van der Waals surface area (Å²) in [4.78, 5) is 0. The van der Waals surface area contributed by atoms with Gasteiger partial charge in [-0.15, -0.1) is 0 Å². The molecule has 0 amide bonds. The number of hydrogen-bond acceptors (Lipinski definition) is 1. The standard InChI is InChI=1S/C6H12F3N/c1-4(2)5(10-3)6(7,8)9/h4-5,10H,1-3H3/t5-/m0/s1. The smallest absolute Gasteiger partial charge is 0.309 e. The average molecular weight is 155 g/mol. The van der Waals surface area contributed by atoms with Crippen molar-refractivity contribution < 1.29 is 13.2 Å². The molecule has 0 bridgehead atoms. The molecule has 0 aliphatic rings. The first-order valence-corrected chi connectivity index (χ1v) is 3.13. The summed E-state index contributed by atoms with van der Waals surface area (Å²) in [5.74, 6) is -0.412. The first kappa shape index (κ1) is 9.75. The SMILES string of the molecule is CN[C@@H](C(C)C)C(F)(F)F. The van der Waals surface area contributed by atoms with Crippen LogP contribution in [0.25, 0.3) is 0 Å². The van der Waals surface area contributed by atoms with Crippen LogP contribution >= 0.6 is 0 Å². The minimum absolute atomic E-state index is 0.412. The molecule has 0 aromatic heterocycles. The molecular formula is C6H12F3N. The number of alkyl halides is 3. The summed E-state index contributed by atoms with van der Waals surface area (Å²) >= 11 is 0. The van der Waals surface area contributed by atoms with E-state index in [0.29, 0.717) is 0 Å². The maximum absolute atomic E-state index is 11.9. The molecule has 0 aliphatic heterocycles. The van der Waals surface area contributed by atoms with Gasteiger partial charge in [-0.2, -0.15) is 13.2 Å². The van der Waals surface area contributed by atoms with Crippen LogP contribution in [0.1, 0.15) is 13.8 Å². The molecule has 4 heteroatoms. The van der Waals surface area contributed by atoms with E-state index < -0.39 is 18.1 Å². The molecule has 0 aliphatic carbocycles. The highest BCUT2D eigenvalue weighted by atomic mass is 19.4. The molecule has 1 atom stereocenters. The predicted octanol–water partition coefficient (Wildman–Crippen LogP) is 1.79. The first-order chi connectivity index (χ1) is 4.39. The van der Waals surface area contributed by atoms with Crippen LogP contribution in [0.3, 0.4) is 0 Å². The summed E-state index contributed by atoms with van der Waals surface area (Å²) in [7, 11) is 1.32. The second kappa shape index (κ2) is 3.23. The third-order valence-electron chi connectivity index (χ3n) is 1.33. The third-order valence-corrected chi connectivity index (χ3v) is 1.33. The molecule has 0 saturated carbocycles. The monoisotopic (exact) mass is 155 g/mol. The molecule has 0 unspecified atom stereocenters. The Hall–Kier alpha value is -0.250. The molecule has 0 spiro atoms. The molecule has 0 rings (SSSR count). The minimum Gasteiger partial charge on any atom is -0.309 e. The lowest BCUT2D eigenvalue weighted by molar-refractivity contribution is -0.163. The number of nitrogens with one attached hydrogen (secondary N) is 1. The molecule has 0 aromatic rings. The van der Waals surface area contributed by atoms with Gasteiger partial charge in [-0.05, 0) is 13.0 Å². The Kier molecular flexibility index (Phi) is 3.15. The van der Waals surface area contributed by atoms with Crippen molar-refractivity contribution in [2.45, 2.75) is 26.1 Å². The summed E-state index contributed by atoms with van der Waals surface area (Å²) in [5.41, 5.74) is 0. The van der Waals surface area contributed by atoms with Gasteiger partial charge >= 0.3 is 6.18 Å². The zero-order chi connectivity index (χ0) is 8.36. The number of halogens is 3. The second-order valence-electron chi connectivity index (χ2n) is 2.55. The van der Waals surface area contributed by atoms with Crippen LogP contribution in [0, 0.1) is 5.92 Å². The number of hydrogen-bond donors (Lipinski definition) is 1. The van der Waals surface area contributed by atoms with Gasteiger partial charge in [0.25, 0.3) is 0 Å². The minimum atomic E-state index is -4.12. The van der Waals surface area contributed by atoms with Crippen LogP contribution in [-0.2, 0) is 0 Å². The first-order valence-electron chi connectivity index (χ1n) is 3.13. The van der Waals surface area contributed by atoms with Crippen molar-refractivity contribution in [3.05, 3.63) is 0 Å². The highest BCUT2D eigenvalue weighted by molar-refractivity contribution is 4.75. The molecule has 62 valence electrons. The summed E-state index contributed by atoms with van der Waals surface area (Å²) in [6.45, 7) is 3.07. The fourth-order valence-electron chi connectivity index (χ4n) is 0.875. The maximum Gasteiger partial charge on any atom is 0.404 e. The fourth-order valence-corrected chi connectivity index (χ4v) is 0.875. The van der Waals surface area contributed by atoms with E-state index in [9.17, 15) is 13.2 Å². The highest BCUT2D eigenvalue weighted by Gasteiger charge is 2.40. The van der Waals surface area contributed by atoms with E-state index in [0.717, 1.165) is 0 Å². The van der Waals surface area contributed by atoms with E-state index in [1.54, 1.807) is 0 Å². The summed E-state index contributed by atoms with van der Waals surface area (Å²) in [5, 5.41) is 2.22. The van der Waals surface area contributed by atoms with Gasteiger partial charge in [0.05, 0.1) is 0 Å².